The number of amides is 1. The lowest BCUT2D eigenvalue weighted by atomic mass is 9.93. The Morgan fingerprint density at radius 2 is 2.31 bits per heavy atom. The second-order valence-corrected chi connectivity index (χ2v) is 4.55. The van der Waals surface area contributed by atoms with Crippen molar-refractivity contribution in [3.8, 4) is 0 Å². The maximum absolute atomic E-state index is 11.3. The summed E-state index contributed by atoms with van der Waals surface area (Å²) in [5, 5.41) is 0.988. The molecule has 1 heterocycles. The van der Waals surface area contributed by atoms with Gasteiger partial charge in [-0.1, -0.05) is 22.9 Å². The van der Waals surface area contributed by atoms with Crippen LogP contribution in [0.1, 0.15) is 33.1 Å². The van der Waals surface area contributed by atoms with Gasteiger partial charge in [-0.15, -0.1) is 0 Å². The normalized spacial score (nSPS) is 25.8. The Balaban J connectivity index is 2.61. The molecule has 0 aromatic heterocycles. The molecule has 1 rings (SSSR count). The molecule has 0 bridgehead atoms. The van der Waals surface area contributed by atoms with Crippen molar-refractivity contribution in [3.63, 3.8) is 0 Å². The third-order valence-corrected chi connectivity index (χ3v) is 3.88. The molecule has 2 unspecified atom stereocenters. The average molecular weight is 248 g/mol. The van der Waals surface area contributed by atoms with Gasteiger partial charge in [0, 0.05) is 24.8 Å². The molecule has 0 aliphatic carbocycles. The molecule has 1 fully saturated rings. The third kappa shape index (κ3) is 2.70. The van der Waals surface area contributed by atoms with E-state index in [0.29, 0.717) is 12.0 Å². The number of piperidine rings is 1. The van der Waals surface area contributed by atoms with Gasteiger partial charge in [-0.25, -0.2) is 0 Å². The van der Waals surface area contributed by atoms with Gasteiger partial charge in [0.2, 0.25) is 5.91 Å². The Morgan fingerprint density at radius 3 is 2.85 bits per heavy atom. The van der Waals surface area contributed by atoms with Gasteiger partial charge in [-0.2, -0.15) is 0 Å². The number of hydrogen-bond donors (Lipinski definition) is 0. The van der Waals surface area contributed by atoms with E-state index in [9.17, 15) is 4.79 Å². The monoisotopic (exact) mass is 247 g/mol. The van der Waals surface area contributed by atoms with Crippen LogP contribution in [0.2, 0.25) is 0 Å². The maximum Gasteiger partial charge on any atom is 0.219 e. The third-order valence-electron chi connectivity index (χ3n) is 2.85. The standard InChI is InChI=1S/C10H18BrNO/c1-8(7-11)10-5-3-4-6-12(10)9(2)13/h8,10H,3-7H2,1-2H3. The van der Waals surface area contributed by atoms with Crippen molar-refractivity contribution < 1.29 is 4.79 Å². The van der Waals surface area contributed by atoms with E-state index in [0.717, 1.165) is 11.9 Å². The molecule has 0 saturated carbocycles. The Kier molecular flexibility index (Phi) is 4.23. The summed E-state index contributed by atoms with van der Waals surface area (Å²) in [6, 6.07) is 0.464. The second kappa shape index (κ2) is 4.99. The summed E-state index contributed by atoms with van der Waals surface area (Å²) < 4.78 is 0. The fourth-order valence-corrected chi connectivity index (χ4v) is 2.47. The molecule has 1 amide bonds. The molecule has 0 N–H and O–H groups in total. The molecule has 76 valence electrons. The first-order valence-corrected chi connectivity index (χ1v) is 6.12. The summed E-state index contributed by atoms with van der Waals surface area (Å²) >= 11 is 3.49. The van der Waals surface area contributed by atoms with Crippen LogP contribution in [-0.4, -0.2) is 28.7 Å². The van der Waals surface area contributed by atoms with Gasteiger partial charge in [0.1, 0.15) is 0 Å². The molecule has 2 nitrogen and oxygen atoms in total. The van der Waals surface area contributed by atoms with Crippen LogP contribution >= 0.6 is 15.9 Å². The highest BCUT2D eigenvalue weighted by Crippen LogP contribution is 2.24. The van der Waals surface area contributed by atoms with Crippen LogP contribution in [0.15, 0.2) is 0 Å². The minimum atomic E-state index is 0.234. The van der Waals surface area contributed by atoms with Crippen LogP contribution in [0.5, 0.6) is 0 Å². The molecule has 13 heavy (non-hydrogen) atoms. The highest BCUT2D eigenvalue weighted by atomic mass is 79.9. The van der Waals surface area contributed by atoms with Crippen LogP contribution in [0.3, 0.4) is 0 Å². The number of likely N-dealkylation sites (tertiary alicyclic amines) is 1. The predicted molar refractivity (Wildman–Crippen MR) is 58.0 cm³/mol. The number of carbonyl (C=O) groups excluding carboxylic acids is 1. The number of halogens is 1. The highest BCUT2D eigenvalue weighted by Gasteiger charge is 2.27. The highest BCUT2D eigenvalue weighted by molar-refractivity contribution is 9.09. The molecule has 1 aliphatic rings. The number of alkyl halides is 1. The second-order valence-electron chi connectivity index (χ2n) is 3.91. The quantitative estimate of drug-likeness (QED) is 0.687. The van der Waals surface area contributed by atoms with E-state index in [-0.39, 0.29) is 5.91 Å². The van der Waals surface area contributed by atoms with Crippen LogP contribution in [0, 0.1) is 5.92 Å². The summed E-state index contributed by atoms with van der Waals surface area (Å²) in [6.07, 6.45) is 3.61. The molecule has 0 aromatic rings. The lowest BCUT2D eigenvalue weighted by molar-refractivity contribution is -0.133. The van der Waals surface area contributed by atoms with Gasteiger partial charge in [-0.3, -0.25) is 4.79 Å². The Morgan fingerprint density at radius 1 is 1.62 bits per heavy atom. The van der Waals surface area contributed by atoms with Crippen LogP contribution in [0.25, 0.3) is 0 Å². The zero-order chi connectivity index (χ0) is 9.84. The molecule has 0 radical (unpaired) electrons. The van der Waals surface area contributed by atoms with Crippen molar-refractivity contribution >= 4 is 21.8 Å². The molecular weight excluding hydrogens is 230 g/mol. The van der Waals surface area contributed by atoms with E-state index in [1.54, 1.807) is 6.92 Å². The number of rotatable bonds is 2. The van der Waals surface area contributed by atoms with E-state index in [1.165, 1.54) is 19.3 Å². The Bertz CT molecular complexity index is 184. The largest absolute Gasteiger partial charge is 0.340 e. The fourth-order valence-electron chi connectivity index (χ4n) is 2.04. The predicted octanol–water partition coefficient (Wildman–Crippen LogP) is 2.42. The fraction of sp³-hybridized carbons (Fsp3) is 0.900. The number of hydrogen-bond acceptors (Lipinski definition) is 1. The molecular formula is C10H18BrNO. The van der Waals surface area contributed by atoms with Crippen molar-refractivity contribution in [2.24, 2.45) is 5.92 Å². The van der Waals surface area contributed by atoms with Gasteiger partial charge in [-0.05, 0) is 25.2 Å². The first kappa shape index (κ1) is 11.0. The summed E-state index contributed by atoms with van der Waals surface area (Å²) in [5.74, 6) is 0.807. The number of carbonyl (C=O) groups is 1. The first-order chi connectivity index (χ1) is 6.16. The van der Waals surface area contributed by atoms with Crippen molar-refractivity contribution in [1.29, 1.82) is 0 Å². The van der Waals surface area contributed by atoms with Crippen LogP contribution in [-0.2, 0) is 4.79 Å². The summed E-state index contributed by atoms with van der Waals surface area (Å²) in [4.78, 5) is 13.4. The summed E-state index contributed by atoms with van der Waals surface area (Å²) in [7, 11) is 0. The van der Waals surface area contributed by atoms with E-state index in [4.69, 9.17) is 0 Å². The molecule has 1 saturated heterocycles. The van der Waals surface area contributed by atoms with Crippen molar-refractivity contribution in [1.82, 2.24) is 4.90 Å². The molecule has 0 aromatic carbocycles. The minimum Gasteiger partial charge on any atom is -0.340 e. The molecule has 3 heteroatoms. The molecule has 0 spiro atoms. The zero-order valence-electron chi connectivity index (χ0n) is 8.42. The summed E-state index contributed by atoms with van der Waals surface area (Å²) in [5.41, 5.74) is 0. The minimum absolute atomic E-state index is 0.234. The van der Waals surface area contributed by atoms with Gasteiger partial charge in [0.05, 0.1) is 0 Å². The average Bonchev–Trinajstić information content (AvgIpc) is 2.16. The van der Waals surface area contributed by atoms with Crippen molar-refractivity contribution in [2.45, 2.75) is 39.2 Å². The van der Waals surface area contributed by atoms with Gasteiger partial charge < -0.3 is 4.90 Å². The maximum atomic E-state index is 11.3. The van der Waals surface area contributed by atoms with E-state index in [2.05, 4.69) is 22.9 Å². The topological polar surface area (TPSA) is 20.3 Å². The SMILES string of the molecule is CC(=O)N1CCCCC1C(C)CBr. The Hall–Kier alpha value is -0.0500. The summed E-state index contributed by atoms with van der Waals surface area (Å²) in [6.45, 7) is 4.84. The zero-order valence-corrected chi connectivity index (χ0v) is 10.0. The lowest BCUT2D eigenvalue weighted by Crippen LogP contribution is -2.46. The molecule has 1 aliphatic heterocycles. The number of nitrogens with zero attached hydrogens (tertiary/aromatic N) is 1. The van der Waals surface area contributed by atoms with Crippen LogP contribution in [0.4, 0.5) is 0 Å². The van der Waals surface area contributed by atoms with Gasteiger partial charge >= 0.3 is 0 Å². The van der Waals surface area contributed by atoms with Crippen molar-refractivity contribution in [3.05, 3.63) is 0 Å². The van der Waals surface area contributed by atoms with Crippen LogP contribution < -0.4 is 0 Å². The van der Waals surface area contributed by atoms with Gasteiger partial charge in [0.15, 0.2) is 0 Å². The first-order valence-electron chi connectivity index (χ1n) is 5.00. The Labute approximate surface area is 88.8 Å². The van der Waals surface area contributed by atoms with Crippen molar-refractivity contribution in [2.75, 3.05) is 11.9 Å². The van der Waals surface area contributed by atoms with E-state index < -0.39 is 0 Å². The van der Waals surface area contributed by atoms with E-state index in [1.807, 2.05) is 4.90 Å². The molecule has 2 atom stereocenters. The van der Waals surface area contributed by atoms with E-state index >= 15 is 0 Å². The lowest BCUT2D eigenvalue weighted by Gasteiger charge is -2.38. The smallest absolute Gasteiger partial charge is 0.219 e. The van der Waals surface area contributed by atoms with Gasteiger partial charge in [0.25, 0.3) is 0 Å².